The zero-order valence-electron chi connectivity index (χ0n) is 13.6. The summed E-state index contributed by atoms with van der Waals surface area (Å²) in [5.41, 5.74) is 6.33. The van der Waals surface area contributed by atoms with Crippen molar-refractivity contribution in [1.29, 1.82) is 0 Å². The number of carbonyl (C=O) groups excluding carboxylic acids is 1. The van der Waals surface area contributed by atoms with Crippen molar-refractivity contribution in [2.24, 2.45) is 23.5 Å². The minimum atomic E-state index is 0.0836. The molecule has 2 bridgehead atoms. The lowest BCUT2D eigenvalue weighted by atomic mass is 9.83. The Labute approximate surface area is 138 Å². The number of ether oxygens (including phenoxy) is 1. The Hall–Kier alpha value is -1.55. The van der Waals surface area contributed by atoms with E-state index in [1.807, 2.05) is 35.2 Å². The van der Waals surface area contributed by atoms with E-state index in [1.165, 1.54) is 19.3 Å². The number of nitrogens with two attached hydrogens (primary N) is 1. The van der Waals surface area contributed by atoms with Crippen LogP contribution < -0.4 is 10.5 Å². The number of para-hydroxylation sites is 1. The fourth-order valence-electron chi connectivity index (χ4n) is 4.80. The van der Waals surface area contributed by atoms with E-state index >= 15 is 0 Å². The zero-order chi connectivity index (χ0) is 15.8. The van der Waals surface area contributed by atoms with Crippen LogP contribution in [0.25, 0.3) is 0 Å². The molecule has 4 heteroatoms. The average Bonchev–Trinajstić information content (AvgIpc) is 3.17. The summed E-state index contributed by atoms with van der Waals surface area (Å²) in [7, 11) is 0. The van der Waals surface area contributed by atoms with E-state index in [0.717, 1.165) is 31.7 Å². The monoisotopic (exact) mass is 314 g/mol. The van der Waals surface area contributed by atoms with E-state index in [-0.39, 0.29) is 18.1 Å². The summed E-state index contributed by atoms with van der Waals surface area (Å²) in [4.78, 5) is 14.9. The summed E-state index contributed by atoms with van der Waals surface area (Å²) >= 11 is 0. The van der Waals surface area contributed by atoms with Crippen LogP contribution in [0.1, 0.15) is 32.1 Å². The fraction of sp³-hybridized carbons (Fsp3) is 0.632. The number of piperidine rings is 1. The third kappa shape index (κ3) is 2.85. The molecule has 0 spiro atoms. The van der Waals surface area contributed by atoms with Crippen LogP contribution in [0.3, 0.4) is 0 Å². The van der Waals surface area contributed by atoms with Crippen LogP contribution >= 0.6 is 0 Å². The maximum absolute atomic E-state index is 12.9. The molecule has 2 aliphatic carbocycles. The standard InChI is InChI=1S/C19H26N2O2/c20-18-14-7-6-13(12-14)17(18)19(22)21-10-8-16(9-11-21)23-15-4-2-1-3-5-15/h1-5,13-14,16-18H,6-12,20H2. The molecule has 1 heterocycles. The third-order valence-corrected chi connectivity index (χ3v) is 6.07. The summed E-state index contributed by atoms with van der Waals surface area (Å²) in [6.07, 6.45) is 5.64. The van der Waals surface area contributed by atoms with Crippen LogP contribution in [0.2, 0.25) is 0 Å². The lowest BCUT2D eigenvalue weighted by Gasteiger charge is -2.37. The number of fused-ring (bicyclic) bond motifs is 2. The molecule has 23 heavy (non-hydrogen) atoms. The Kier molecular flexibility index (Phi) is 4.02. The van der Waals surface area contributed by atoms with Crippen LogP contribution in [-0.2, 0) is 4.79 Å². The van der Waals surface area contributed by atoms with Crippen LogP contribution in [0.15, 0.2) is 30.3 Å². The van der Waals surface area contributed by atoms with E-state index in [4.69, 9.17) is 10.5 Å². The highest BCUT2D eigenvalue weighted by Crippen LogP contribution is 2.48. The first kappa shape index (κ1) is 15.0. The van der Waals surface area contributed by atoms with Crippen molar-refractivity contribution in [1.82, 2.24) is 4.90 Å². The van der Waals surface area contributed by atoms with Gasteiger partial charge in [-0.2, -0.15) is 0 Å². The largest absolute Gasteiger partial charge is 0.490 e. The topological polar surface area (TPSA) is 55.6 Å². The Morgan fingerprint density at radius 2 is 1.74 bits per heavy atom. The minimum Gasteiger partial charge on any atom is -0.490 e. The molecule has 4 atom stereocenters. The van der Waals surface area contributed by atoms with Crippen molar-refractivity contribution in [3.8, 4) is 5.75 Å². The summed E-state index contributed by atoms with van der Waals surface area (Å²) in [5.74, 6) is 2.45. The molecule has 4 unspecified atom stereocenters. The van der Waals surface area contributed by atoms with Crippen molar-refractivity contribution in [3.05, 3.63) is 30.3 Å². The van der Waals surface area contributed by atoms with Gasteiger partial charge >= 0.3 is 0 Å². The molecule has 1 amide bonds. The molecule has 4 nitrogen and oxygen atoms in total. The second-order valence-electron chi connectivity index (χ2n) is 7.39. The molecule has 124 valence electrons. The second kappa shape index (κ2) is 6.16. The molecule has 1 saturated heterocycles. The van der Waals surface area contributed by atoms with Gasteiger partial charge in [0, 0.05) is 32.0 Å². The predicted molar refractivity (Wildman–Crippen MR) is 89.0 cm³/mol. The highest BCUT2D eigenvalue weighted by molar-refractivity contribution is 5.80. The summed E-state index contributed by atoms with van der Waals surface area (Å²) in [5, 5.41) is 0. The molecule has 0 radical (unpaired) electrons. The fourth-order valence-corrected chi connectivity index (χ4v) is 4.80. The molecule has 1 aromatic rings. The lowest BCUT2D eigenvalue weighted by Crippen LogP contribution is -2.50. The molecular formula is C19H26N2O2. The van der Waals surface area contributed by atoms with Gasteiger partial charge in [-0.3, -0.25) is 4.79 Å². The van der Waals surface area contributed by atoms with Gasteiger partial charge in [0.15, 0.2) is 0 Å². The maximum Gasteiger partial charge on any atom is 0.227 e. The third-order valence-electron chi connectivity index (χ3n) is 6.07. The van der Waals surface area contributed by atoms with E-state index in [1.54, 1.807) is 0 Å². The van der Waals surface area contributed by atoms with Gasteiger partial charge in [0.25, 0.3) is 0 Å². The minimum absolute atomic E-state index is 0.0836. The zero-order valence-corrected chi connectivity index (χ0v) is 13.6. The van der Waals surface area contributed by atoms with Crippen LogP contribution in [0.5, 0.6) is 5.75 Å². The van der Waals surface area contributed by atoms with Crippen LogP contribution in [0, 0.1) is 17.8 Å². The lowest BCUT2D eigenvalue weighted by molar-refractivity contribution is -0.139. The van der Waals surface area contributed by atoms with Gasteiger partial charge in [0.1, 0.15) is 11.9 Å². The highest BCUT2D eigenvalue weighted by atomic mass is 16.5. The summed E-state index contributed by atoms with van der Waals surface area (Å²) in [6, 6.07) is 10.1. The van der Waals surface area contributed by atoms with E-state index in [9.17, 15) is 4.79 Å². The van der Waals surface area contributed by atoms with Gasteiger partial charge < -0.3 is 15.4 Å². The van der Waals surface area contributed by atoms with Gasteiger partial charge in [-0.05, 0) is 43.2 Å². The number of amides is 1. The van der Waals surface area contributed by atoms with Crippen molar-refractivity contribution in [2.75, 3.05) is 13.1 Å². The molecule has 3 fully saturated rings. The van der Waals surface area contributed by atoms with E-state index in [2.05, 4.69) is 0 Å². The van der Waals surface area contributed by atoms with Gasteiger partial charge in [0.2, 0.25) is 5.91 Å². The predicted octanol–water partition coefficient (Wildman–Crippen LogP) is 2.43. The molecule has 3 aliphatic rings. The number of carbonyl (C=O) groups is 1. The molecule has 4 rings (SSSR count). The SMILES string of the molecule is NC1C2CCC(C2)C1C(=O)N1CCC(Oc2ccccc2)CC1. The summed E-state index contributed by atoms with van der Waals surface area (Å²) in [6.45, 7) is 1.61. The number of rotatable bonds is 3. The molecule has 1 aliphatic heterocycles. The van der Waals surface area contributed by atoms with Gasteiger partial charge in [-0.15, -0.1) is 0 Å². The average molecular weight is 314 g/mol. The Balaban J connectivity index is 1.32. The number of likely N-dealkylation sites (tertiary alicyclic amines) is 1. The molecule has 0 aromatic heterocycles. The van der Waals surface area contributed by atoms with Crippen molar-refractivity contribution in [2.45, 2.75) is 44.2 Å². The maximum atomic E-state index is 12.9. The smallest absolute Gasteiger partial charge is 0.227 e. The van der Waals surface area contributed by atoms with Crippen molar-refractivity contribution in [3.63, 3.8) is 0 Å². The first-order valence-electron chi connectivity index (χ1n) is 8.98. The Bertz CT molecular complexity index is 552. The Morgan fingerprint density at radius 1 is 1.04 bits per heavy atom. The van der Waals surface area contributed by atoms with Gasteiger partial charge in [-0.25, -0.2) is 0 Å². The number of hydrogen-bond donors (Lipinski definition) is 1. The van der Waals surface area contributed by atoms with Gasteiger partial charge in [0.05, 0.1) is 5.92 Å². The number of nitrogens with zero attached hydrogens (tertiary/aromatic N) is 1. The quantitative estimate of drug-likeness (QED) is 0.932. The number of hydrogen-bond acceptors (Lipinski definition) is 3. The molecule has 2 saturated carbocycles. The van der Waals surface area contributed by atoms with Gasteiger partial charge in [-0.1, -0.05) is 18.2 Å². The normalized spacial score (nSPS) is 33.9. The second-order valence-corrected chi connectivity index (χ2v) is 7.39. The van der Waals surface area contributed by atoms with E-state index < -0.39 is 0 Å². The van der Waals surface area contributed by atoms with Crippen molar-refractivity contribution < 1.29 is 9.53 Å². The first-order valence-corrected chi connectivity index (χ1v) is 8.98. The van der Waals surface area contributed by atoms with Crippen molar-refractivity contribution >= 4 is 5.91 Å². The molecule has 1 aromatic carbocycles. The molecular weight excluding hydrogens is 288 g/mol. The van der Waals surface area contributed by atoms with E-state index in [0.29, 0.717) is 17.7 Å². The first-order chi connectivity index (χ1) is 11.2. The number of benzene rings is 1. The highest BCUT2D eigenvalue weighted by Gasteiger charge is 2.50. The Morgan fingerprint density at radius 3 is 2.39 bits per heavy atom. The van der Waals surface area contributed by atoms with Crippen LogP contribution in [0.4, 0.5) is 0 Å². The van der Waals surface area contributed by atoms with Crippen LogP contribution in [-0.4, -0.2) is 36.0 Å². The molecule has 2 N–H and O–H groups in total. The summed E-state index contributed by atoms with van der Waals surface area (Å²) < 4.78 is 6.02.